The first-order valence-electron chi connectivity index (χ1n) is 12.1. The minimum atomic E-state index is -3.71. The third-order valence-electron chi connectivity index (χ3n) is 7.61. The SMILES string of the molecule is CS(=O)(=O)NC(=O)c1cc(N2CCCC3(CC3)C2)c2c(C3CCC3)nn(-c3ccccc3)c2n1. The lowest BCUT2D eigenvalue weighted by atomic mass is 9.81. The van der Waals surface area contributed by atoms with Gasteiger partial charge in [0.05, 0.1) is 28.7 Å². The first-order chi connectivity index (χ1) is 16.3. The number of rotatable bonds is 5. The Labute approximate surface area is 199 Å². The number of anilines is 1. The van der Waals surface area contributed by atoms with Gasteiger partial charge in [0.25, 0.3) is 5.91 Å². The van der Waals surface area contributed by atoms with E-state index in [2.05, 4.69) is 9.62 Å². The molecule has 8 nitrogen and oxygen atoms in total. The van der Waals surface area contributed by atoms with Gasteiger partial charge in [0, 0.05) is 19.0 Å². The van der Waals surface area contributed by atoms with Crippen molar-refractivity contribution in [2.45, 2.75) is 50.9 Å². The lowest BCUT2D eigenvalue weighted by Crippen LogP contribution is -2.37. The summed E-state index contributed by atoms with van der Waals surface area (Å²) in [6.45, 7) is 1.87. The second kappa shape index (κ2) is 7.80. The molecule has 1 saturated heterocycles. The number of carbonyl (C=O) groups excluding carboxylic acids is 1. The summed E-state index contributed by atoms with van der Waals surface area (Å²) in [5.74, 6) is -0.335. The summed E-state index contributed by atoms with van der Waals surface area (Å²) in [6, 6.07) is 11.6. The fourth-order valence-electron chi connectivity index (χ4n) is 5.42. The Morgan fingerprint density at radius 2 is 1.88 bits per heavy atom. The van der Waals surface area contributed by atoms with E-state index in [0.29, 0.717) is 17.0 Å². The van der Waals surface area contributed by atoms with E-state index in [9.17, 15) is 13.2 Å². The zero-order valence-electron chi connectivity index (χ0n) is 19.3. The van der Waals surface area contributed by atoms with Gasteiger partial charge in [-0.1, -0.05) is 24.6 Å². The third-order valence-corrected chi connectivity index (χ3v) is 8.16. The van der Waals surface area contributed by atoms with E-state index in [1.165, 1.54) is 25.7 Å². The van der Waals surface area contributed by atoms with Gasteiger partial charge in [0.1, 0.15) is 5.69 Å². The van der Waals surface area contributed by atoms with Gasteiger partial charge in [0.15, 0.2) is 5.65 Å². The predicted octanol–water partition coefficient (Wildman–Crippen LogP) is 3.76. The summed E-state index contributed by atoms with van der Waals surface area (Å²) < 4.78 is 27.5. The van der Waals surface area contributed by atoms with Crippen LogP contribution in [0.3, 0.4) is 0 Å². The second-order valence-electron chi connectivity index (χ2n) is 10.2. The van der Waals surface area contributed by atoms with Crippen molar-refractivity contribution in [3.8, 4) is 5.69 Å². The van der Waals surface area contributed by atoms with Crippen molar-refractivity contribution in [2.75, 3.05) is 24.2 Å². The molecule has 3 fully saturated rings. The number of para-hydroxylation sites is 1. The number of carbonyl (C=O) groups is 1. The number of aromatic nitrogens is 3. The van der Waals surface area contributed by atoms with Gasteiger partial charge >= 0.3 is 0 Å². The second-order valence-corrected chi connectivity index (χ2v) is 12.0. The molecule has 0 atom stereocenters. The number of benzene rings is 1. The first kappa shape index (κ1) is 21.6. The van der Waals surface area contributed by atoms with E-state index in [0.717, 1.165) is 61.1 Å². The number of nitrogens with zero attached hydrogens (tertiary/aromatic N) is 4. The largest absolute Gasteiger partial charge is 0.370 e. The van der Waals surface area contributed by atoms with E-state index in [4.69, 9.17) is 10.1 Å². The van der Waals surface area contributed by atoms with Gasteiger partial charge in [-0.15, -0.1) is 0 Å². The number of fused-ring (bicyclic) bond motifs is 1. The number of hydrogen-bond donors (Lipinski definition) is 1. The highest BCUT2D eigenvalue weighted by atomic mass is 32.2. The molecule has 2 saturated carbocycles. The average molecular weight is 480 g/mol. The Balaban J connectivity index is 1.58. The minimum absolute atomic E-state index is 0.0978. The molecule has 9 heteroatoms. The van der Waals surface area contributed by atoms with Crippen LogP contribution in [-0.2, 0) is 10.0 Å². The van der Waals surface area contributed by atoms with E-state index in [-0.39, 0.29) is 5.69 Å². The van der Waals surface area contributed by atoms with Crippen LogP contribution in [0.4, 0.5) is 5.69 Å². The van der Waals surface area contributed by atoms with Crippen LogP contribution in [0.25, 0.3) is 16.7 Å². The van der Waals surface area contributed by atoms with Crippen molar-refractivity contribution in [3.63, 3.8) is 0 Å². The van der Waals surface area contributed by atoms with Gasteiger partial charge in [0.2, 0.25) is 10.0 Å². The molecule has 6 rings (SSSR count). The lowest BCUT2D eigenvalue weighted by molar-refractivity contribution is 0.0977. The fourth-order valence-corrected chi connectivity index (χ4v) is 5.87. The Hall–Kier alpha value is -2.94. The number of pyridine rings is 1. The Bertz CT molecular complexity index is 1370. The normalized spacial score (nSPS) is 19.9. The molecule has 3 heterocycles. The Kier molecular flexibility index (Phi) is 4.95. The molecule has 0 unspecified atom stereocenters. The number of nitrogens with one attached hydrogen (secondary N) is 1. The van der Waals surface area contributed by atoms with Crippen LogP contribution in [0.5, 0.6) is 0 Å². The summed E-state index contributed by atoms with van der Waals surface area (Å²) in [5, 5.41) is 6.04. The van der Waals surface area contributed by atoms with Gasteiger partial charge in [-0.05, 0) is 62.1 Å². The molecule has 1 aromatic carbocycles. The number of amides is 1. The van der Waals surface area contributed by atoms with Crippen LogP contribution in [0, 0.1) is 5.41 Å². The molecule has 2 aliphatic carbocycles. The topological polar surface area (TPSA) is 97.2 Å². The average Bonchev–Trinajstić information content (AvgIpc) is 3.40. The molecule has 2 aromatic heterocycles. The van der Waals surface area contributed by atoms with Gasteiger partial charge in [-0.2, -0.15) is 5.10 Å². The van der Waals surface area contributed by atoms with Crippen LogP contribution < -0.4 is 9.62 Å². The zero-order valence-corrected chi connectivity index (χ0v) is 20.1. The molecule has 3 aromatic rings. The smallest absolute Gasteiger partial charge is 0.283 e. The van der Waals surface area contributed by atoms with E-state index < -0.39 is 15.9 Å². The Morgan fingerprint density at radius 1 is 1.12 bits per heavy atom. The monoisotopic (exact) mass is 479 g/mol. The van der Waals surface area contributed by atoms with Gasteiger partial charge in [-0.25, -0.2) is 22.8 Å². The number of piperidine rings is 1. The molecule has 1 spiro atoms. The first-order valence-corrected chi connectivity index (χ1v) is 14.0. The molecule has 34 heavy (non-hydrogen) atoms. The Morgan fingerprint density at radius 3 is 2.53 bits per heavy atom. The van der Waals surface area contributed by atoms with Crippen molar-refractivity contribution in [3.05, 3.63) is 47.8 Å². The standard InChI is InChI=1S/C25H29N5O3S/c1-34(32,33)28-24(31)19-15-20(29-14-6-11-25(16-29)12-13-25)21-22(17-7-5-8-17)27-30(23(21)26-19)18-9-3-2-4-10-18/h2-4,9-10,15,17H,5-8,11-14,16H2,1H3,(H,28,31). The summed E-state index contributed by atoms with van der Waals surface area (Å²) in [7, 11) is -3.71. The summed E-state index contributed by atoms with van der Waals surface area (Å²) >= 11 is 0. The highest BCUT2D eigenvalue weighted by Crippen LogP contribution is 2.53. The fraction of sp³-hybridized carbons (Fsp3) is 0.480. The molecule has 3 aliphatic rings. The molecule has 0 radical (unpaired) electrons. The van der Waals surface area contributed by atoms with Gasteiger partial charge < -0.3 is 4.90 Å². The van der Waals surface area contributed by atoms with Crippen molar-refractivity contribution in [1.82, 2.24) is 19.5 Å². The highest BCUT2D eigenvalue weighted by Gasteiger charge is 2.46. The molecule has 178 valence electrons. The summed E-state index contributed by atoms with van der Waals surface area (Å²) in [4.78, 5) is 20.0. The summed E-state index contributed by atoms with van der Waals surface area (Å²) in [5.41, 5.74) is 3.96. The summed E-state index contributed by atoms with van der Waals surface area (Å²) in [6.07, 6.45) is 9.22. The lowest BCUT2D eigenvalue weighted by Gasteiger charge is -2.35. The van der Waals surface area contributed by atoms with E-state index >= 15 is 0 Å². The van der Waals surface area contributed by atoms with Gasteiger partial charge in [-0.3, -0.25) is 4.79 Å². The maximum atomic E-state index is 12.9. The molecule has 0 bridgehead atoms. The zero-order chi connectivity index (χ0) is 23.5. The highest BCUT2D eigenvalue weighted by molar-refractivity contribution is 7.89. The molecule has 1 N–H and O–H groups in total. The number of hydrogen-bond acceptors (Lipinski definition) is 6. The van der Waals surface area contributed by atoms with Crippen LogP contribution in [0.1, 0.15) is 67.0 Å². The number of sulfonamides is 1. The molecule has 1 aliphatic heterocycles. The minimum Gasteiger partial charge on any atom is -0.370 e. The van der Waals surface area contributed by atoms with Crippen molar-refractivity contribution in [1.29, 1.82) is 0 Å². The molecular formula is C25H29N5O3S. The van der Waals surface area contributed by atoms with Crippen LogP contribution in [0.2, 0.25) is 0 Å². The van der Waals surface area contributed by atoms with E-state index in [1.807, 2.05) is 35.0 Å². The van der Waals surface area contributed by atoms with Crippen molar-refractivity contribution < 1.29 is 13.2 Å². The molecular weight excluding hydrogens is 450 g/mol. The van der Waals surface area contributed by atoms with Crippen molar-refractivity contribution in [2.24, 2.45) is 5.41 Å². The maximum Gasteiger partial charge on any atom is 0.283 e. The van der Waals surface area contributed by atoms with E-state index in [1.54, 1.807) is 6.07 Å². The predicted molar refractivity (Wildman–Crippen MR) is 131 cm³/mol. The maximum absolute atomic E-state index is 12.9. The quantitative estimate of drug-likeness (QED) is 0.599. The third kappa shape index (κ3) is 3.85. The van der Waals surface area contributed by atoms with Crippen molar-refractivity contribution >= 4 is 32.7 Å². The molecule has 1 amide bonds. The van der Waals surface area contributed by atoms with Crippen LogP contribution >= 0.6 is 0 Å². The van der Waals surface area contributed by atoms with Crippen LogP contribution in [-0.4, -0.2) is 48.4 Å². The van der Waals surface area contributed by atoms with Crippen LogP contribution in [0.15, 0.2) is 36.4 Å².